The van der Waals surface area contributed by atoms with Gasteiger partial charge in [0.05, 0.1) is 6.20 Å². The predicted octanol–water partition coefficient (Wildman–Crippen LogP) is 1.30. The first-order valence-electron chi connectivity index (χ1n) is 5.09. The molecule has 19 heavy (non-hydrogen) atoms. The third kappa shape index (κ3) is 3.47. The quantitative estimate of drug-likeness (QED) is 0.499. The molecule has 0 unspecified atom stereocenters. The van der Waals surface area contributed by atoms with Gasteiger partial charge in [-0.25, -0.2) is 10.3 Å². The fourth-order valence-corrected chi connectivity index (χ4v) is 1.68. The molecule has 2 rings (SSSR count). The molecule has 8 nitrogen and oxygen atoms in total. The van der Waals surface area contributed by atoms with Crippen molar-refractivity contribution in [3.8, 4) is 0 Å². The molecule has 3 amide bonds. The first kappa shape index (κ1) is 12.9. The highest BCUT2D eigenvalue weighted by Gasteiger charge is 2.06. The molecule has 2 aromatic rings. The summed E-state index contributed by atoms with van der Waals surface area (Å²) in [6.45, 7) is 0. The van der Waals surface area contributed by atoms with E-state index in [1.165, 1.54) is 35.9 Å². The number of nitrogens with one attached hydrogen (secondary N) is 3. The summed E-state index contributed by atoms with van der Waals surface area (Å²) in [5.41, 5.74) is 2.30. The molecular weight excluding hydrogens is 270 g/mol. The van der Waals surface area contributed by atoms with Crippen molar-refractivity contribution in [2.45, 2.75) is 0 Å². The fraction of sp³-hybridized carbons (Fsp3) is 0. The Morgan fingerprint density at radius 2 is 1.89 bits per heavy atom. The lowest BCUT2D eigenvalue weighted by atomic mass is 10.2. The second-order valence-corrected chi connectivity index (χ2v) is 4.16. The number of anilines is 2. The molecule has 1 heterocycles. The molecule has 0 fully saturated rings. The fourth-order valence-electron chi connectivity index (χ4n) is 1.27. The van der Waals surface area contributed by atoms with E-state index in [-0.39, 0.29) is 5.56 Å². The van der Waals surface area contributed by atoms with Gasteiger partial charge in [0.15, 0.2) is 0 Å². The van der Waals surface area contributed by atoms with E-state index in [0.717, 1.165) is 11.5 Å². The van der Waals surface area contributed by atoms with Gasteiger partial charge in [-0.2, -0.15) is 0 Å². The molecule has 0 aliphatic carbocycles. The minimum absolute atomic E-state index is 0.278. The number of carbonyl (C=O) groups is 2. The number of carbonyl (C=O) groups excluding carboxylic acids is 2. The number of hydrogen-bond donors (Lipinski definition) is 4. The lowest BCUT2D eigenvalue weighted by molar-refractivity contribution is 0.0706. The number of hydrogen-bond acceptors (Lipinski definition) is 6. The van der Waals surface area contributed by atoms with E-state index in [1.807, 2.05) is 0 Å². The molecule has 0 spiro atoms. The third-order valence-electron chi connectivity index (χ3n) is 2.10. The van der Waals surface area contributed by atoms with Gasteiger partial charge in [0.2, 0.25) is 0 Å². The summed E-state index contributed by atoms with van der Waals surface area (Å²) in [6.07, 6.45) is 1.43. The molecule has 0 radical (unpaired) electrons. The molecule has 1 aromatic carbocycles. The second kappa shape index (κ2) is 5.89. The maximum Gasteiger partial charge on any atom is 0.324 e. The van der Waals surface area contributed by atoms with Crippen molar-refractivity contribution in [2.75, 3.05) is 10.6 Å². The van der Waals surface area contributed by atoms with Gasteiger partial charge in [0.25, 0.3) is 5.91 Å². The number of nitrogens with zero attached hydrogens (tertiary/aromatic N) is 2. The molecule has 0 bridgehead atoms. The van der Waals surface area contributed by atoms with Crippen molar-refractivity contribution in [3.05, 3.63) is 36.0 Å². The van der Waals surface area contributed by atoms with Gasteiger partial charge in [-0.3, -0.25) is 15.3 Å². The van der Waals surface area contributed by atoms with Crippen LogP contribution in [0.25, 0.3) is 0 Å². The number of aromatic nitrogens is 2. The van der Waals surface area contributed by atoms with Crippen LogP contribution in [0.5, 0.6) is 0 Å². The molecule has 0 atom stereocenters. The number of rotatable bonds is 3. The smallest absolute Gasteiger partial charge is 0.308 e. The first-order chi connectivity index (χ1) is 9.19. The monoisotopic (exact) mass is 279 g/mol. The summed E-state index contributed by atoms with van der Waals surface area (Å²) in [4.78, 5) is 22.6. The molecular formula is C10H9N5O3S. The van der Waals surface area contributed by atoms with Crippen LogP contribution in [0.3, 0.4) is 0 Å². The van der Waals surface area contributed by atoms with E-state index in [0.29, 0.717) is 10.7 Å². The average Bonchev–Trinajstić information content (AvgIpc) is 2.91. The Balaban J connectivity index is 1.96. The third-order valence-corrected chi connectivity index (χ3v) is 2.68. The minimum atomic E-state index is -0.619. The van der Waals surface area contributed by atoms with Crippen molar-refractivity contribution in [2.24, 2.45) is 0 Å². The minimum Gasteiger partial charge on any atom is -0.308 e. The molecule has 0 saturated heterocycles. The number of amides is 3. The van der Waals surface area contributed by atoms with Crippen molar-refractivity contribution in [1.82, 2.24) is 15.1 Å². The second-order valence-electron chi connectivity index (χ2n) is 3.38. The lowest BCUT2D eigenvalue weighted by Crippen LogP contribution is -2.20. The topological polar surface area (TPSA) is 116 Å². The van der Waals surface area contributed by atoms with Crippen LogP contribution in [-0.2, 0) is 0 Å². The Morgan fingerprint density at radius 3 is 2.47 bits per heavy atom. The zero-order valence-electron chi connectivity index (χ0n) is 9.45. The largest absolute Gasteiger partial charge is 0.324 e. The van der Waals surface area contributed by atoms with Gasteiger partial charge >= 0.3 is 6.03 Å². The highest BCUT2D eigenvalue weighted by atomic mass is 32.1. The summed E-state index contributed by atoms with van der Waals surface area (Å²) in [7, 11) is 0. The van der Waals surface area contributed by atoms with Crippen molar-refractivity contribution >= 4 is 34.2 Å². The Kier molecular flexibility index (Phi) is 4.00. The van der Waals surface area contributed by atoms with E-state index in [2.05, 4.69) is 20.2 Å². The van der Waals surface area contributed by atoms with E-state index >= 15 is 0 Å². The maximum atomic E-state index is 11.6. The normalized spacial score (nSPS) is 9.74. The van der Waals surface area contributed by atoms with Crippen LogP contribution < -0.4 is 16.1 Å². The Bertz CT molecular complexity index is 569. The Morgan fingerprint density at radius 1 is 1.16 bits per heavy atom. The maximum absolute atomic E-state index is 11.6. The first-order valence-corrected chi connectivity index (χ1v) is 5.86. The molecule has 98 valence electrons. The number of hydroxylamine groups is 1. The number of urea groups is 1. The van der Waals surface area contributed by atoms with Crippen molar-refractivity contribution in [1.29, 1.82) is 0 Å². The van der Waals surface area contributed by atoms with Crippen molar-refractivity contribution < 1.29 is 14.8 Å². The highest BCUT2D eigenvalue weighted by molar-refractivity contribution is 7.10. The molecule has 4 N–H and O–H groups in total. The summed E-state index contributed by atoms with van der Waals surface area (Å²) in [6, 6.07) is 5.57. The Labute approximate surface area is 111 Å². The van der Waals surface area contributed by atoms with Crippen LogP contribution >= 0.6 is 11.5 Å². The van der Waals surface area contributed by atoms with E-state index < -0.39 is 11.9 Å². The zero-order valence-corrected chi connectivity index (χ0v) is 10.3. The number of benzene rings is 1. The van der Waals surface area contributed by atoms with Gasteiger partial charge in [-0.1, -0.05) is 4.49 Å². The zero-order chi connectivity index (χ0) is 13.7. The van der Waals surface area contributed by atoms with Crippen LogP contribution in [0.2, 0.25) is 0 Å². The van der Waals surface area contributed by atoms with E-state index in [1.54, 1.807) is 0 Å². The van der Waals surface area contributed by atoms with Gasteiger partial charge in [0.1, 0.15) is 5.00 Å². The van der Waals surface area contributed by atoms with Crippen LogP contribution in [0.15, 0.2) is 30.5 Å². The van der Waals surface area contributed by atoms with E-state index in [9.17, 15) is 9.59 Å². The van der Waals surface area contributed by atoms with Crippen LogP contribution in [0.1, 0.15) is 10.4 Å². The van der Waals surface area contributed by atoms with Crippen LogP contribution in [0.4, 0.5) is 15.5 Å². The molecule has 0 saturated carbocycles. The SMILES string of the molecule is O=C(Nc1ccc(C(=O)NO)cc1)Nc1cnns1. The van der Waals surface area contributed by atoms with Crippen LogP contribution in [0, 0.1) is 0 Å². The summed E-state index contributed by atoms with van der Waals surface area (Å²) in [5, 5.41) is 17.7. The summed E-state index contributed by atoms with van der Waals surface area (Å²) in [5.74, 6) is -0.619. The molecule has 0 aliphatic rings. The van der Waals surface area contributed by atoms with Gasteiger partial charge in [-0.05, 0) is 24.3 Å². The predicted molar refractivity (Wildman–Crippen MR) is 68.2 cm³/mol. The molecule has 9 heteroatoms. The van der Waals surface area contributed by atoms with Gasteiger partial charge < -0.3 is 5.32 Å². The Hall–Kier alpha value is -2.52. The summed E-state index contributed by atoms with van der Waals surface area (Å²) >= 11 is 1.06. The van der Waals surface area contributed by atoms with Gasteiger partial charge in [0, 0.05) is 22.8 Å². The average molecular weight is 279 g/mol. The van der Waals surface area contributed by atoms with Crippen molar-refractivity contribution in [3.63, 3.8) is 0 Å². The van der Waals surface area contributed by atoms with Gasteiger partial charge in [-0.15, -0.1) is 5.10 Å². The lowest BCUT2D eigenvalue weighted by Gasteiger charge is -2.06. The standard InChI is InChI=1S/C10H9N5O3S/c16-9(14-18)6-1-3-7(4-2-6)12-10(17)13-8-5-11-15-19-8/h1-5,18H,(H,14,16)(H2,12,13,17). The van der Waals surface area contributed by atoms with Crippen LogP contribution in [-0.4, -0.2) is 26.7 Å². The van der Waals surface area contributed by atoms with E-state index in [4.69, 9.17) is 5.21 Å². The molecule has 1 aromatic heterocycles. The molecule has 0 aliphatic heterocycles. The summed E-state index contributed by atoms with van der Waals surface area (Å²) < 4.78 is 3.60. The highest BCUT2D eigenvalue weighted by Crippen LogP contribution is 2.12.